The zero-order chi connectivity index (χ0) is 15.6. The van der Waals surface area contributed by atoms with Crippen LogP contribution in [0.25, 0.3) is 0 Å². The number of carbonyl (C=O) groups excluding carboxylic acids is 1. The van der Waals surface area contributed by atoms with Crippen LogP contribution in [-0.4, -0.2) is 31.8 Å². The van der Waals surface area contributed by atoms with Crippen molar-refractivity contribution in [2.24, 2.45) is 0 Å². The van der Waals surface area contributed by atoms with E-state index >= 15 is 0 Å². The lowest BCUT2D eigenvalue weighted by molar-refractivity contribution is -0.123. The third-order valence-corrected chi connectivity index (χ3v) is 3.73. The van der Waals surface area contributed by atoms with Crippen LogP contribution in [0.1, 0.15) is 38.5 Å². The second-order valence-corrected chi connectivity index (χ2v) is 5.58. The van der Waals surface area contributed by atoms with Crippen LogP contribution in [-0.2, 0) is 9.53 Å². The van der Waals surface area contributed by atoms with Crippen molar-refractivity contribution >= 4 is 5.91 Å². The molecule has 2 rings (SSSR count). The van der Waals surface area contributed by atoms with Crippen molar-refractivity contribution in [3.63, 3.8) is 0 Å². The Kier molecular flexibility index (Phi) is 7.16. The Morgan fingerprint density at radius 2 is 1.91 bits per heavy atom. The lowest BCUT2D eigenvalue weighted by atomic mass is 9.98. The molecule has 1 N–H and O–H groups in total. The molecular weight excluding hydrogens is 285 g/mol. The highest BCUT2D eigenvalue weighted by atomic mass is 19.1. The molecule has 0 heterocycles. The minimum Gasteiger partial charge on any atom is -0.484 e. The van der Waals surface area contributed by atoms with Crippen LogP contribution in [0.15, 0.2) is 24.3 Å². The first-order valence-electron chi connectivity index (χ1n) is 8.01. The maximum absolute atomic E-state index is 12.7. The van der Waals surface area contributed by atoms with E-state index in [0.29, 0.717) is 25.0 Å². The third kappa shape index (κ3) is 6.43. The fourth-order valence-electron chi connectivity index (χ4n) is 2.51. The summed E-state index contributed by atoms with van der Waals surface area (Å²) in [5.41, 5.74) is 0. The summed E-state index contributed by atoms with van der Waals surface area (Å²) in [7, 11) is 0. The van der Waals surface area contributed by atoms with E-state index in [1.807, 2.05) is 0 Å². The molecule has 1 saturated carbocycles. The molecule has 0 saturated heterocycles. The first kappa shape index (κ1) is 16.7. The van der Waals surface area contributed by atoms with Gasteiger partial charge >= 0.3 is 0 Å². The number of ether oxygens (including phenoxy) is 2. The quantitative estimate of drug-likeness (QED) is 0.751. The highest BCUT2D eigenvalue weighted by Gasteiger charge is 2.13. The van der Waals surface area contributed by atoms with Crippen molar-refractivity contribution in [3.8, 4) is 5.75 Å². The second kappa shape index (κ2) is 9.41. The van der Waals surface area contributed by atoms with Gasteiger partial charge in [0.25, 0.3) is 5.91 Å². The smallest absolute Gasteiger partial charge is 0.257 e. The summed E-state index contributed by atoms with van der Waals surface area (Å²) in [6.07, 6.45) is 7.40. The van der Waals surface area contributed by atoms with Crippen LogP contribution in [0.3, 0.4) is 0 Å². The van der Waals surface area contributed by atoms with E-state index in [4.69, 9.17) is 9.47 Å². The zero-order valence-electron chi connectivity index (χ0n) is 12.9. The van der Waals surface area contributed by atoms with E-state index in [2.05, 4.69) is 5.32 Å². The molecule has 122 valence electrons. The molecular formula is C17H24FNO3. The van der Waals surface area contributed by atoms with E-state index in [1.165, 1.54) is 43.5 Å². The first-order chi connectivity index (χ1) is 10.7. The molecule has 1 amide bonds. The standard InChI is InChI=1S/C17H24FNO3/c18-14-7-9-16(10-8-14)22-13-17(20)19-11-4-12-21-15-5-2-1-3-6-15/h7-10,15H,1-6,11-13H2,(H,19,20). The Hall–Kier alpha value is -1.62. The number of hydrogen-bond acceptors (Lipinski definition) is 3. The van der Waals surface area contributed by atoms with Gasteiger partial charge in [-0.15, -0.1) is 0 Å². The molecule has 1 fully saturated rings. The number of nitrogens with one attached hydrogen (secondary N) is 1. The molecule has 1 aromatic rings. The fraction of sp³-hybridized carbons (Fsp3) is 0.588. The molecule has 1 aliphatic carbocycles. The van der Waals surface area contributed by atoms with Gasteiger partial charge in [-0.1, -0.05) is 19.3 Å². The molecule has 1 aliphatic rings. The summed E-state index contributed by atoms with van der Waals surface area (Å²) >= 11 is 0. The van der Waals surface area contributed by atoms with Gasteiger partial charge < -0.3 is 14.8 Å². The topological polar surface area (TPSA) is 47.6 Å². The lowest BCUT2D eigenvalue weighted by Crippen LogP contribution is -2.30. The number of halogens is 1. The van der Waals surface area contributed by atoms with Crippen molar-refractivity contribution in [3.05, 3.63) is 30.1 Å². The van der Waals surface area contributed by atoms with E-state index in [9.17, 15) is 9.18 Å². The Balaban J connectivity index is 1.49. The molecule has 22 heavy (non-hydrogen) atoms. The molecule has 0 bridgehead atoms. The fourth-order valence-corrected chi connectivity index (χ4v) is 2.51. The van der Waals surface area contributed by atoms with E-state index in [0.717, 1.165) is 19.3 Å². The van der Waals surface area contributed by atoms with Gasteiger partial charge in [0, 0.05) is 13.2 Å². The first-order valence-corrected chi connectivity index (χ1v) is 8.01. The molecule has 0 aliphatic heterocycles. The predicted molar refractivity (Wildman–Crippen MR) is 82.3 cm³/mol. The van der Waals surface area contributed by atoms with Crippen molar-refractivity contribution in [1.29, 1.82) is 0 Å². The van der Waals surface area contributed by atoms with E-state index < -0.39 is 0 Å². The molecule has 4 nitrogen and oxygen atoms in total. The number of rotatable bonds is 8. The average Bonchev–Trinajstić information content (AvgIpc) is 2.55. The van der Waals surface area contributed by atoms with Crippen LogP contribution in [0, 0.1) is 5.82 Å². The van der Waals surface area contributed by atoms with Crippen molar-refractivity contribution in [2.45, 2.75) is 44.6 Å². The molecule has 1 aromatic carbocycles. The highest BCUT2D eigenvalue weighted by molar-refractivity contribution is 5.77. The monoisotopic (exact) mass is 309 g/mol. The summed E-state index contributed by atoms with van der Waals surface area (Å²) in [5.74, 6) is -0.0195. The summed E-state index contributed by atoms with van der Waals surface area (Å²) in [4.78, 5) is 11.6. The second-order valence-electron chi connectivity index (χ2n) is 5.58. The summed E-state index contributed by atoms with van der Waals surface area (Å²) in [6, 6.07) is 5.60. The van der Waals surface area contributed by atoms with Gasteiger partial charge in [0.2, 0.25) is 0 Å². The minimum absolute atomic E-state index is 0.0604. The molecule has 0 unspecified atom stereocenters. The van der Waals surface area contributed by atoms with Gasteiger partial charge in [-0.25, -0.2) is 4.39 Å². The van der Waals surface area contributed by atoms with Gasteiger partial charge in [-0.2, -0.15) is 0 Å². The average molecular weight is 309 g/mol. The van der Waals surface area contributed by atoms with Crippen LogP contribution in [0.4, 0.5) is 4.39 Å². The highest BCUT2D eigenvalue weighted by Crippen LogP contribution is 2.20. The number of benzene rings is 1. The molecule has 0 aromatic heterocycles. The van der Waals surface area contributed by atoms with Gasteiger partial charge in [0.05, 0.1) is 6.10 Å². The number of carbonyl (C=O) groups is 1. The third-order valence-electron chi connectivity index (χ3n) is 3.73. The molecule has 0 radical (unpaired) electrons. The Labute approximate surface area is 131 Å². The lowest BCUT2D eigenvalue weighted by Gasteiger charge is -2.21. The van der Waals surface area contributed by atoms with Gasteiger partial charge in [0.15, 0.2) is 6.61 Å². The number of hydrogen-bond donors (Lipinski definition) is 1. The Morgan fingerprint density at radius 3 is 2.64 bits per heavy atom. The molecule has 0 spiro atoms. The minimum atomic E-state index is -0.324. The van der Waals surface area contributed by atoms with Crippen molar-refractivity contribution in [1.82, 2.24) is 5.32 Å². The van der Waals surface area contributed by atoms with Crippen molar-refractivity contribution < 1.29 is 18.7 Å². The maximum Gasteiger partial charge on any atom is 0.257 e. The molecule has 5 heteroatoms. The largest absolute Gasteiger partial charge is 0.484 e. The van der Waals surface area contributed by atoms with Crippen molar-refractivity contribution in [2.75, 3.05) is 19.8 Å². The Bertz CT molecular complexity index is 444. The zero-order valence-corrected chi connectivity index (χ0v) is 12.9. The maximum atomic E-state index is 12.7. The Morgan fingerprint density at radius 1 is 1.18 bits per heavy atom. The normalized spacial score (nSPS) is 15.5. The van der Waals surface area contributed by atoms with Crippen LogP contribution in [0.5, 0.6) is 5.75 Å². The number of amides is 1. The molecule has 0 atom stereocenters. The summed E-state index contributed by atoms with van der Waals surface area (Å²) in [6.45, 7) is 1.21. The SMILES string of the molecule is O=C(COc1ccc(F)cc1)NCCCOC1CCCCC1. The van der Waals surface area contributed by atoms with Crippen LogP contribution >= 0.6 is 0 Å². The summed E-state index contributed by atoms with van der Waals surface area (Å²) in [5, 5.41) is 2.78. The summed E-state index contributed by atoms with van der Waals surface area (Å²) < 4.78 is 23.8. The van der Waals surface area contributed by atoms with Crippen LogP contribution < -0.4 is 10.1 Å². The van der Waals surface area contributed by atoms with Gasteiger partial charge in [0.1, 0.15) is 11.6 Å². The van der Waals surface area contributed by atoms with E-state index in [1.54, 1.807) is 0 Å². The van der Waals surface area contributed by atoms with Gasteiger partial charge in [-0.3, -0.25) is 4.79 Å². The van der Waals surface area contributed by atoms with E-state index in [-0.39, 0.29) is 18.3 Å². The van der Waals surface area contributed by atoms with Gasteiger partial charge in [-0.05, 0) is 43.5 Å². The predicted octanol–water partition coefficient (Wildman–Crippen LogP) is 3.06. The van der Waals surface area contributed by atoms with Crippen LogP contribution in [0.2, 0.25) is 0 Å².